The van der Waals surface area contributed by atoms with Crippen molar-refractivity contribution in [3.8, 4) is 0 Å². The van der Waals surface area contributed by atoms with E-state index in [1.54, 1.807) is 0 Å². The summed E-state index contributed by atoms with van der Waals surface area (Å²) in [6.45, 7) is 14.5. The van der Waals surface area contributed by atoms with Gasteiger partial charge in [-0.1, -0.05) is 77.1 Å². The minimum atomic E-state index is 0.00181. The van der Waals surface area contributed by atoms with Crippen LogP contribution in [0.2, 0.25) is 0 Å². The number of carbonyl (C=O) groups excluding carboxylic acids is 1. The standard InChI is InChI=1S/C27H35NO/c1-7-9-11-16-26(28(21(5)6)24-14-12-10-13-15-24)23-17-18-25(22(8-2)19-23)27(29)20(3)4/h10,12-20H,5,7-9,11H2,1-4,6H3/b26-16-. The fraction of sp³-hybridized carbons (Fsp3) is 0.370. The third-order valence-corrected chi connectivity index (χ3v) is 5.10. The quantitative estimate of drug-likeness (QED) is 0.307. The van der Waals surface area contributed by atoms with Crippen molar-refractivity contribution in [2.24, 2.45) is 5.92 Å². The van der Waals surface area contributed by atoms with Gasteiger partial charge in [0.15, 0.2) is 5.78 Å². The molecule has 0 saturated heterocycles. The minimum Gasteiger partial charge on any atom is -0.315 e. The van der Waals surface area contributed by atoms with Crippen LogP contribution in [0.15, 0.2) is 66.9 Å². The number of benzene rings is 2. The third-order valence-electron chi connectivity index (χ3n) is 5.10. The summed E-state index contributed by atoms with van der Waals surface area (Å²) in [7, 11) is 0. The molecular formula is C27H35NO. The summed E-state index contributed by atoms with van der Waals surface area (Å²) in [5.74, 6) is 0.215. The molecule has 2 heteroatoms. The van der Waals surface area contributed by atoms with Crippen molar-refractivity contribution >= 4 is 17.2 Å². The van der Waals surface area contributed by atoms with Gasteiger partial charge in [0.25, 0.3) is 0 Å². The van der Waals surface area contributed by atoms with Gasteiger partial charge in [-0.05, 0) is 55.5 Å². The van der Waals surface area contributed by atoms with Gasteiger partial charge < -0.3 is 4.90 Å². The topological polar surface area (TPSA) is 20.3 Å². The predicted molar refractivity (Wildman–Crippen MR) is 126 cm³/mol. The highest BCUT2D eigenvalue weighted by atomic mass is 16.1. The Morgan fingerprint density at radius 2 is 1.79 bits per heavy atom. The number of para-hydroxylation sites is 1. The number of aryl methyl sites for hydroxylation is 1. The summed E-state index contributed by atoms with van der Waals surface area (Å²) in [6, 6.07) is 16.6. The van der Waals surface area contributed by atoms with Gasteiger partial charge in [0.05, 0.1) is 0 Å². The van der Waals surface area contributed by atoms with Crippen LogP contribution in [0.4, 0.5) is 5.69 Å². The first kappa shape index (κ1) is 22.7. The molecule has 2 nitrogen and oxygen atoms in total. The first-order chi connectivity index (χ1) is 13.9. The van der Waals surface area contributed by atoms with Gasteiger partial charge in [-0.2, -0.15) is 0 Å². The van der Waals surface area contributed by atoms with Crippen molar-refractivity contribution in [1.29, 1.82) is 0 Å². The molecule has 0 fully saturated rings. The normalized spacial score (nSPS) is 11.6. The lowest BCUT2D eigenvalue weighted by Gasteiger charge is -2.29. The summed E-state index contributed by atoms with van der Waals surface area (Å²) in [5.41, 5.74) is 6.29. The Kier molecular flexibility index (Phi) is 8.45. The highest BCUT2D eigenvalue weighted by molar-refractivity contribution is 5.99. The van der Waals surface area contributed by atoms with E-state index in [0.717, 1.165) is 59.5 Å². The number of hydrogen-bond acceptors (Lipinski definition) is 2. The molecule has 0 aliphatic heterocycles. The predicted octanol–water partition coefficient (Wildman–Crippen LogP) is 7.66. The average Bonchev–Trinajstić information content (AvgIpc) is 2.72. The van der Waals surface area contributed by atoms with Gasteiger partial charge in [0, 0.05) is 28.6 Å². The second-order valence-electron chi connectivity index (χ2n) is 7.88. The van der Waals surface area contributed by atoms with Crippen LogP contribution in [0.5, 0.6) is 0 Å². The Balaban J connectivity index is 2.59. The highest BCUT2D eigenvalue weighted by Gasteiger charge is 2.19. The summed E-state index contributed by atoms with van der Waals surface area (Å²) in [6.07, 6.45) is 6.46. The molecule has 0 aromatic heterocycles. The molecule has 0 spiro atoms. The van der Waals surface area contributed by atoms with Crippen LogP contribution in [0, 0.1) is 5.92 Å². The van der Waals surface area contributed by atoms with E-state index in [-0.39, 0.29) is 11.7 Å². The van der Waals surface area contributed by atoms with E-state index in [4.69, 9.17) is 0 Å². The zero-order chi connectivity index (χ0) is 21.4. The fourth-order valence-electron chi connectivity index (χ4n) is 3.52. The van der Waals surface area contributed by atoms with Crippen LogP contribution in [-0.4, -0.2) is 5.78 Å². The molecule has 2 aromatic carbocycles. The van der Waals surface area contributed by atoms with Gasteiger partial charge >= 0.3 is 0 Å². The fourth-order valence-corrected chi connectivity index (χ4v) is 3.52. The number of Topliss-reactive ketones (excluding diaryl/α,β-unsaturated/α-hetero) is 1. The van der Waals surface area contributed by atoms with E-state index < -0.39 is 0 Å². The molecule has 154 valence electrons. The molecule has 0 aliphatic rings. The summed E-state index contributed by atoms with van der Waals surface area (Å²) in [4.78, 5) is 14.9. The van der Waals surface area contributed by atoms with E-state index in [0.29, 0.717) is 0 Å². The number of rotatable bonds is 10. The van der Waals surface area contributed by atoms with Crippen molar-refractivity contribution in [2.45, 2.75) is 60.3 Å². The van der Waals surface area contributed by atoms with Crippen LogP contribution in [0.1, 0.15) is 75.4 Å². The molecule has 0 heterocycles. The number of nitrogens with zero attached hydrogens (tertiary/aromatic N) is 1. The second kappa shape index (κ2) is 10.8. The Morgan fingerprint density at radius 3 is 2.34 bits per heavy atom. The number of unbranched alkanes of at least 4 members (excludes halogenated alkanes) is 2. The maximum Gasteiger partial charge on any atom is 0.165 e. The molecule has 0 N–H and O–H groups in total. The Labute approximate surface area is 177 Å². The maximum atomic E-state index is 12.6. The first-order valence-electron chi connectivity index (χ1n) is 10.8. The number of hydrogen-bond donors (Lipinski definition) is 0. The van der Waals surface area contributed by atoms with Crippen molar-refractivity contribution in [3.05, 3.63) is 83.6 Å². The number of anilines is 1. The lowest BCUT2D eigenvalue weighted by Crippen LogP contribution is -2.19. The molecule has 0 aliphatic carbocycles. The Bertz CT molecular complexity index is 861. The van der Waals surface area contributed by atoms with Gasteiger partial charge in [-0.25, -0.2) is 0 Å². The second-order valence-corrected chi connectivity index (χ2v) is 7.88. The zero-order valence-corrected chi connectivity index (χ0v) is 18.7. The minimum absolute atomic E-state index is 0.00181. The molecule has 0 saturated carbocycles. The number of ketones is 1. The smallest absolute Gasteiger partial charge is 0.165 e. The summed E-state index contributed by atoms with van der Waals surface area (Å²) >= 11 is 0. The molecule has 0 bridgehead atoms. The van der Waals surface area contributed by atoms with Crippen LogP contribution < -0.4 is 4.90 Å². The molecular weight excluding hydrogens is 354 g/mol. The van der Waals surface area contributed by atoms with Crippen molar-refractivity contribution < 1.29 is 4.79 Å². The Morgan fingerprint density at radius 1 is 1.10 bits per heavy atom. The first-order valence-corrected chi connectivity index (χ1v) is 10.8. The largest absolute Gasteiger partial charge is 0.315 e. The molecule has 0 amide bonds. The van der Waals surface area contributed by atoms with Crippen LogP contribution in [0.3, 0.4) is 0 Å². The molecule has 29 heavy (non-hydrogen) atoms. The van der Waals surface area contributed by atoms with Crippen molar-refractivity contribution in [2.75, 3.05) is 4.90 Å². The summed E-state index contributed by atoms with van der Waals surface area (Å²) in [5, 5.41) is 0. The van der Waals surface area contributed by atoms with Crippen LogP contribution in [-0.2, 0) is 6.42 Å². The highest BCUT2D eigenvalue weighted by Crippen LogP contribution is 2.32. The van der Waals surface area contributed by atoms with Crippen LogP contribution in [0.25, 0.3) is 5.70 Å². The van der Waals surface area contributed by atoms with Crippen molar-refractivity contribution in [3.63, 3.8) is 0 Å². The summed E-state index contributed by atoms with van der Waals surface area (Å²) < 4.78 is 0. The number of carbonyl (C=O) groups is 1. The van der Waals surface area contributed by atoms with Crippen LogP contribution >= 0.6 is 0 Å². The van der Waals surface area contributed by atoms with Gasteiger partial charge in [0.1, 0.15) is 0 Å². The van der Waals surface area contributed by atoms with Crippen molar-refractivity contribution in [1.82, 2.24) is 0 Å². The lowest BCUT2D eigenvalue weighted by molar-refractivity contribution is 0.0938. The SMILES string of the molecule is C=C(C)N(/C(=C\CCCC)c1ccc(C(=O)C(C)C)c(CC)c1)c1ccccc1. The van der Waals surface area contributed by atoms with Gasteiger partial charge in [0.2, 0.25) is 0 Å². The maximum absolute atomic E-state index is 12.6. The van der Waals surface area contributed by atoms with Gasteiger partial charge in [-0.3, -0.25) is 4.79 Å². The average molecular weight is 390 g/mol. The monoisotopic (exact) mass is 389 g/mol. The lowest BCUT2D eigenvalue weighted by atomic mass is 9.92. The molecule has 0 radical (unpaired) electrons. The zero-order valence-electron chi connectivity index (χ0n) is 18.7. The molecule has 2 aromatic rings. The van der Waals surface area contributed by atoms with E-state index in [1.807, 2.05) is 32.9 Å². The Hall–Kier alpha value is -2.61. The van der Waals surface area contributed by atoms with E-state index >= 15 is 0 Å². The third kappa shape index (κ3) is 5.69. The van der Waals surface area contributed by atoms with E-state index in [9.17, 15) is 4.79 Å². The number of allylic oxidation sites excluding steroid dienone is 2. The molecule has 0 unspecified atom stereocenters. The molecule has 0 atom stereocenters. The van der Waals surface area contributed by atoms with E-state index in [1.165, 1.54) is 0 Å². The van der Waals surface area contributed by atoms with E-state index in [2.05, 4.69) is 67.8 Å². The van der Waals surface area contributed by atoms with Gasteiger partial charge in [-0.15, -0.1) is 0 Å². The molecule has 2 rings (SSSR count).